The molecule has 1 heteroatoms. The highest BCUT2D eigenvalue weighted by Crippen LogP contribution is 2.34. The molecule has 0 aromatic heterocycles. The molecule has 172 valence electrons. The Bertz CT molecular complexity index is 2070. The van der Waals surface area contributed by atoms with Crippen LogP contribution in [-0.4, -0.2) is 8.80 Å². The lowest BCUT2D eigenvalue weighted by Crippen LogP contribution is -2.52. The lowest BCUT2D eigenvalue weighted by atomic mass is 9.94. The third kappa shape index (κ3) is 3.08. The highest BCUT2D eigenvalue weighted by Gasteiger charge is 2.25. The van der Waals surface area contributed by atoms with Crippen molar-refractivity contribution in [2.75, 3.05) is 0 Å². The van der Waals surface area contributed by atoms with Crippen LogP contribution in [0.2, 0.25) is 0 Å². The van der Waals surface area contributed by atoms with E-state index in [0.29, 0.717) is 0 Å². The highest BCUT2D eigenvalue weighted by molar-refractivity contribution is 6.98. The molecule has 0 nitrogen and oxygen atoms in total. The molecule has 37 heavy (non-hydrogen) atoms. The van der Waals surface area contributed by atoms with Gasteiger partial charge in [0.05, 0.1) is 0 Å². The van der Waals surface area contributed by atoms with Gasteiger partial charge in [0.15, 0.2) is 0 Å². The molecule has 0 aliphatic rings. The maximum Gasteiger partial charge on any atom is 0.134 e. The minimum Gasteiger partial charge on any atom is -0.0625 e. The first-order valence-electron chi connectivity index (χ1n) is 13.0. The van der Waals surface area contributed by atoms with Crippen molar-refractivity contribution < 1.29 is 0 Å². The molecule has 0 aliphatic heterocycles. The third-order valence-corrected chi connectivity index (χ3v) is 11.4. The normalized spacial score (nSPS) is 12.8. The Morgan fingerprint density at radius 3 is 1.73 bits per heavy atom. The van der Waals surface area contributed by atoms with Crippen molar-refractivity contribution in [3.63, 3.8) is 0 Å². The third-order valence-electron chi connectivity index (χ3n) is 8.12. The summed E-state index contributed by atoms with van der Waals surface area (Å²) in [5.74, 6) is 0. The fourth-order valence-electron chi connectivity index (χ4n) is 6.50. The van der Waals surface area contributed by atoms with Gasteiger partial charge in [0.1, 0.15) is 8.80 Å². The molecule has 0 aliphatic carbocycles. The first-order chi connectivity index (χ1) is 18.4. The van der Waals surface area contributed by atoms with Crippen molar-refractivity contribution in [3.8, 4) is 0 Å². The maximum absolute atomic E-state index is 2.49. The molecule has 0 fully saturated rings. The van der Waals surface area contributed by atoms with E-state index >= 15 is 0 Å². The second-order valence-electron chi connectivity index (χ2n) is 10.1. The van der Waals surface area contributed by atoms with Crippen LogP contribution in [0.1, 0.15) is 0 Å². The monoisotopic (exact) mass is 484 g/mol. The van der Waals surface area contributed by atoms with Crippen LogP contribution in [0, 0.1) is 0 Å². The largest absolute Gasteiger partial charge is 0.134 e. The molecular weight excluding hydrogens is 460 g/mol. The quantitative estimate of drug-likeness (QED) is 0.142. The molecule has 8 rings (SSSR count). The summed E-state index contributed by atoms with van der Waals surface area (Å²) in [4.78, 5) is 0. The number of hydrogen-bond acceptors (Lipinski definition) is 0. The van der Waals surface area contributed by atoms with Crippen molar-refractivity contribution in [2.24, 2.45) is 0 Å². The summed E-state index contributed by atoms with van der Waals surface area (Å²) in [6, 6.07) is 52.3. The Kier molecular flexibility index (Phi) is 4.49. The van der Waals surface area contributed by atoms with Gasteiger partial charge >= 0.3 is 0 Å². The SMILES string of the molecule is c1ccc([SiH](c2cc3ccccc3c3ccccc23)c2ccc3ccc4cccc5ccc2c3c45)cc1. The van der Waals surface area contributed by atoms with E-state index in [1.807, 2.05) is 0 Å². The number of benzene rings is 8. The Morgan fingerprint density at radius 1 is 0.324 bits per heavy atom. The van der Waals surface area contributed by atoms with Gasteiger partial charge in [0, 0.05) is 0 Å². The average Bonchev–Trinajstić information content (AvgIpc) is 2.97. The van der Waals surface area contributed by atoms with Crippen molar-refractivity contribution >= 4 is 78.2 Å². The second kappa shape index (κ2) is 8.02. The minimum atomic E-state index is -1.83. The van der Waals surface area contributed by atoms with Crippen molar-refractivity contribution in [3.05, 3.63) is 140 Å². The molecule has 0 heterocycles. The van der Waals surface area contributed by atoms with Crippen LogP contribution in [0.25, 0.3) is 53.9 Å². The fourth-order valence-corrected chi connectivity index (χ4v) is 9.91. The van der Waals surface area contributed by atoms with Crippen molar-refractivity contribution in [2.45, 2.75) is 0 Å². The molecule has 0 N–H and O–H groups in total. The molecule has 0 radical (unpaired) electrons. The van der Waals surface area contributed by atoms with Crippen LogP contribution >= 0.6 is 0 Å². The van der Waals surface area contributed by atoms with Crippen LogP contribution < -0.4 is 15.6 Å². The lowest BCUT2D eigenvalue weighted by Gasteiger charge is -2.23. The van der Waals surface area contributed by atoms with E-state index in [9.17, 15) is 0 Å². The molecule has 8 aromatic carbocycles. The molecule has 0 spiro atoms. The first-order valence-corrected chi connectivity index (χ1v) is 14.7. The van der Waals surface area contributed by atoms with Crippen molar-refractivity contribution in [1.29, 1.82) is 0 Å². The van der Waals surface area contributed by atoms with Gasteiger partial charge in [-0.3, -0.25) is 0 Å². The minimum absolute atomic E-state index is 1.32. The Balaban J connectivity index is 1.53. The molecule has 0 saturated carbocycles. The number of rotatable bonds is 3. The maximum atomic E-state index is 2.49. The summed E-state index contributed by atoms with van der Waals surface area (Å²) in [5, 5.41) is 18.0. The van der Waals surface area contributed by atoms with Gasteiger partial charge in [-0.05, 0) is 64.2 Å². The van der Waals surface area contributed by atoms with Crippen LogP contribution in [0.15, 0.2) is 140 Å². The summed E-state index contributed by atoms with van der Waals surface area (Å²) >= 11 is 0. The molecule has 0 amide bonds. The molecule has 8 aromatic rings. The van der Waals surface area contributed by atoms with Gasteiger partial charge in [-0.2, -0.15) is 0 Å². The van der Waals surface area contributed by atoms with Crippen LogP contribution in [0.3, 0.4) is 0 Å². The summed E-state index contributed by atoms with van der Waals surface area (Å²) in [7, 11) is -1.83. The Hall–Kier alpha value is -4.46. The van der Waals surface area contributed by atoms with E-state index in [1.165, 1.54) is 69.4 Å². The van der Waals surface area contributed by atoms with Crippen LogP contribution in [0.4, 0.5) is 0 Å². The van der Waals surface area contributed by atoms with Gasteiger partial charge in [-0.15, -0.1) is 0 Å². The summed E-state index contributed by atoms with van der Waals surface area (Å²) in [6.45, 7) is 0. The average molecular weight is 485 g/mol. The van der Waals surface area contributed by atoms with E-state index in [1.54, 1.807) is 0 Å². The standard InChI is InChI=1S/C36H24Si/c1-2-12-28(13-3-1)37(34-23-27-9-4-5-14-29(27)30-15-6-7-16-31(30)34)33-22-20-26-18-17-24-10-8-11-25-19-21-32(33)36(26)35(24)25/h1-23,37H. The van der Waals surface area contributed by atoms with Crippen LogP contribution in [-0.2, 0) is 0 Å². The molecule has 1 atom stereocenters. The summed E-state index contributed by atoms with van der Waals surface area (Å²) < 4.78 is 0. The molecular formula is C36H24Si. The molecule has 0 saturated heterocycles. The summed E-state index contributed by atoms with van der Waals surface area (Å²) in [5.41, 5.74) is 0. The zero-order chi connectivity index (χ0) is 24.3. The second-order valence-corrected chi connectivity index (χ2v) is 12.9. The topological polar surface area (TPSA) is 0 Å². The van der Waals surface area contributed by atoms with Crippen molar-refractivity contribution in [1.82, 2.24) is 0 Å². The Labute approximate surface area is 217 Å². The smallest absolute Gasteiger partial charge is 0.0625 e. The summed E-state index contributed by atoms with van der Waals surface area (Å²) in [6.07, 6.45) is 0. The van der Waals surface area contributed by atoms with Gasteiger partial charge in [0.25, 0.3) is 0 Å². The fraction of sp³-hybridized carbons (Fsp3) is 0. The number of fused-ring (bicyclic) bond motifs is 3. The Morgan fingerprint density at radius 2 is 0.919 bits per heavy atom. The van der Waals surface area contributed by atoms with Gasteiger partial charge in [0.2, 0.25) is 0 Å². The van der Waals surface area contributed by atoms with E-state index in [-0.39, 0.29) is 0 Å². The lowest BCUT2D eigenvalue weighted by molar-refractivity contribution is 1.74. The zero-order valence-corrected chi connectivity index (χ0v) is 21.5. The number of hydrogen-bond donors (Lipinski definition) is 0. The van der Waals surface area contributed by atoms with E-state index in [0.717, 1.165) is 0 Å². The van der Waals surface area contributed by atoms with E-state index in [2.05, 4.69) is 140 Å². The van der Waals surface area contributed by atoms with E-state index < -0.39 is 8.80 Å². The van der Waals surface area contributed by atoms with E-state index in [4.69, 9.17) is 0 Å². The van der Waals surface area contributed by atoms with Gasteiger partial charge < -0.3 is 0 Å². The molecule has 0 bridgehead atoms. The zero-order valence-electron chi connectivity index (χ0n) is 20.4. The van der Waals surface area contributed by atoms with Gasteiger partial charge in [-0.25, -0.2) is 0 Å². The predicted octanol–water partition coefficient (Wildman–Crippen LogP) is 7.14. The first kappa shape index (κ1) is 20.7. The van der Waals surface area contributed by atoms with Crippen LogP contribution in [0.5, 0.6) is 0 Å². The predicted molar refractivity (Wildman–Crippen MR) is 164 cm³/mol. The van der Waals surface area contributed by atoms with Gasteiger partial charge in [-0.1, -0.05) is 145 Å². The molecule has 1 unspecified atom stereocenters. The highest BCUT2D eigenvalue weighted by atomic mass is 28.3.